The Hall–Kier alpha value is -3.05. The fourth-order valence-corrected chi connectivity index (χ4v) is 8.86. The number of fused-ring (bicyclic) bond motifs is 3. The molecule has 10 nitrogen and oxygen atoms in total. The van der Waals surface area contributed by atoms with E-state index in [-0.39, 0.29) is 43.8 Å². The summed E-state index contributed by atoms with van der Waals surface area (Å²) >= 11 is 0. The third-order valence-corrected chi connectivity index (χ3v) is 11.6. The highest BCUT2D eigenvalue weighted by molar-refractivity contribution is 5.98. The Morgan fingerprint density at radius 1 is 1.15 bits per heavy atom. The highest BCUT2D eigenvalue weighted by atomic mass is 16.7. The molecule has 0 aromatic heterocycles. The maximum absolute atomic E-state index is 13.7. The first-order valence-electron chi connectivity index (χ1n) is 17.4. The number of carbonyl (C=O) groups excluding carboxylic acids is 3. The van der Waals surface area contributed by atoms with Crippen LogP contribution in [-0.2, 0) is 28.5 Å². The van der Waals surface area contributed by atoms with Crippen molar-refractivity contribution in [3.05, 3.63) is 52.6 Å². The summed E-state index contributed by atoms with van der Waals surface area (Å²) in [6, 6.07) is 6.99. The van der Waals surface area contributed by atoms with Crippen LogP contribution in [0, 0.1) is 17.3 Å². The minimum absolute atomic E-state index is 0.0341. The second-order valence-electron chi connectivity index (χ2n) is 15.1. The molecule has 3 heterocycles. The highest BCUT2D eigenvalue weighted by Gasteiger charge is 2.56. The highest BCUT2D eigenvalue weighted by Crippen LogP contribution is 2.59. The van der Waals surface area contributed by atoms with Crippen LogP contribution in [-0.4, -0.2) is 90.3 Å². The number of nitrogens with one attached hydrogen (secondary N) is 1. The van der Waals surface area contributed by atoms with Crippen molar-refractivity contribution in [2.24, 2.45) is 17.3 Å². The van der Waals surface area contributed by atoms with Gasteiger partial charge in [0.05, 0.1) is 23.9 Å². The van der Waals surface area contributed by atoms with Crippen LogP contribution in [0.4, 0.5) is 0 Å². The van der Waals surface area contributed by atoms with Crippen molar-refractivity contribution in [2.45, 2.75) is 108 Å². The number of carbonyl (C=O) groups is 3. The number of aliphatic hydroxyl groups is 1. The van der Waals surface area contributed by atoms with E-state index >= 15 is 0 Å². The molecule has 2 N–H and O–H groups in total. The maximum atomic E-state index is 13.7. The molecule has 2 saturated carbocycles. The Balaban J connectivity index is 1.05. The topological polar surface area (TPSA) is 127 Å². The van der Waals surface area contributed by atoms with E-state index in [4.69, 9.17) is 24.1 Å². The van der Waals surface area contributed by atoms with Crippen LogP contribution in [0.25, 0.3) is 6.08 Å². The second kappa shape index (κ2) is 12.8. The molecule has 2 amide bonds. The summed E-state index contributed by atoms with van der Waals surface area (Å²) in [7, 11) is 0. The number of benzene rings is 1. The van der Waals surface area contributed by atoms with Gasteiger partial charge in [-0.2, -0.15) is 0 Å². The van der Waals surface area contributed by atoms with Crippen LogP contribution in [0.2, 0.25) is 0 Å². The molecule has 8 atom stereocenters. The first-order valence-corrected chi connectivity index (χ1v) is 17.4. The summed E-state index contributed by atoms with van der Waals surface area (Å²) in [5, 5.41) is 11.8. The third-order valence-electron chi connectivity index (χ3n) is 11.6. The van der Waals surface area contributed by atoms with Gasteiger partial charge in [0.15, 0.2) is 0 Å². The summed E-state index contributed by atoms with van der Waals surface area (Å²) in [6.07, 6.45) is 9.54. The van der Waals surface area contributed by atoms with Crippen molar-refractivity contribution in [1.29, 1.82) is 0 Å². The van der Waals surface area contributed by atoms with Gasteiger partial charge in [0, 0.05) is 25.1 Å². The average Bonchev–Trinajstić information content (AvgIpc) is 3.41. The summed E-state index contributed by atoms with van der Waals surface area (Å²) in [6.45, 7) is 7.51. The molecular weight excluding hydrogens is 600 g/mol. The molecule has 5 fully saturated rings. The summed E-state index contributed by atoms with van der Waals surface area (Å²) < 4.78 is 23.8. The van der Waals surface area contributed by atoms with Gasteiger partial charge in [0.25, 0.3) is 0 Å². The first kappa shape index (κ1) is 32.5. The number of nitrogens with zero attached hydrogens (tertiary/aromatic N) is 1. The fraction of sp³-hybridized carbons (Fsp3) is 0.649. The quantitative estimate of drug-likeness (QED) is 0.334. The molecule has 3 aliphatic heterocycles. The zero-order valence-electron chi connectivity index (χ0n) is 27.7. The number of rotatable bonds is 7. The number of epoxide rings is 1. The fourth-order valence-electron chi connectivity index (χ4n) is 8.86. The van der Waals surface area contributed by atoms with E-state index in [9.17, 15) is 14.4 Å². The van der Waals surface area contributed by atoms with Crippen LogP contribution in [0.1, 0.15) is 88.1 Å². The molecule has 0 spiro atoms. The zero-order chi connectivity index (χ0) is 32.9. The maximum Gasteiger partial charge on any atom is 0.338 e. The van der Waals surface area contributed by atoms with E-state index in [0.29, 0.717) is 53.9 Å². The molecule has 254 valence electrons. The van der Waals surface area contributed by atoms with Crippen molar-refractivity contribution in [3.8, 4) is 0 Å². The van der Waals surface area contributed by atoms with E-state index < -0.39 is 30.3 Å². The minimum atomic E-state index is -0.717. The Morgan fingerprint density at radius 3 is 2.81 bits per heavy atom. The number of hydrogen-bond donors (Lipinski definition) is 2. The van der Waals surface area contributed by atoms with Crippen molar-refractivity contribution >= 4 is 23.9 Å². The predicted molar refractivity (Wildman–Crippen MR) is 173 cm³/mol. The summed E-state index contributed by atoms with van der Waals surface area (Å²) in [4.78, 5) is 41.6. The number of amides is 2. The number of allylic oxidation sites excluding steroid dienone is 1. The Bertz CT molecular complexity index is 1470. The zero-order valence-corrected chi connectivity index (χ0v) is 27.7. The second-order valence-corrected chi connectivity index (χ2v) is 15.1. The number of hydrogen-bond acceptors (Lipinski definition) is 8. The Labute approximate surface area is 276 Å². The summed E-state index contributed by atoms with van der Waals surface area (Å²) in [5.74, 6) is 0.173. The van der Waals surface area contributed by atoms with Gasteiger partial charge < -0.3 is 34.3 Å². The molecule has 6 aliphatic rings. The smallest absolute Gasteiger partial charge is 0.338 e. The lowest BCUT2D eigenvalue weighted by molar-refractivity contribution is -0.136. The van der Waals surface area contributed by atoms with Gasteiger partial charge >= 0.3 is 5.97 Å². The van der Waals surface area contributed by atoms with Crippen LogP contribution >= 0.6 is 0 Å². The first-order chi connectivity index (χ1) is 22.6. The number of ether oxygens (including phenoxy) is 4. The SMILES string of the molecule is CC1(C)C[C@@H]2C(=Cc3cccc(C(=O)O[C@@H]4CC(C(=O)N5CCC[C@@H]5C(=O)NCCO)=C[C@H]5OCO[C@H]54)c3)CCC3O[C@]3(C)CC[C@H]21. The molecular formula is C37H48N2O8. The molecule has 1 aromatic carbocycles. The van der Waals surface area contributed by atoms with Gasteiger partial charge in [0.1, 0.15) is 31.1 Å². The van der Waals surface area contributed by atoms with Crippen molar-refractivity contribution in [3.63, 3.8) is 0 Å². The normalized spacial score (nSPS) is 36.4. The van der Waals surface area contributed by atoms with Gasteiger partial charge in [0.2, 0.25) is 11.8 Å². The molecule has 0 radical (unpaired) electrons. The Morgan fingerprint density at radius 2 is 2.00 bits per heavy atom. The average molecular weight is 649 g/mol. The lowest BCUT2D eigenvalue weighted by Gasteiger charge is -2.53. The molecule has 47 heavy (non-hydrogen) atoms. The molecule has 1 unspecified atom stereocenters. The van der Waals surface area contributed by atoms with Gasteiger partial charge in [-0.3, -0.25) is 9.59 Å². The van der Waals surface area contributed by atoms with Crippen LogP contribution in [0.3, 0.4) is 0 Å². The van der Waals surface area contributed by atoms with Crippen LogP contribution in [0.15, 0.2) is 41.5 Å². The third kappa shape index (κ3) is 6.42. The lowest BCUT2D eigenvalue weighted by Crippen LogP contribution is -2.49. The van der Waals surface area contributed by atoms with Gasteiger partial charge in [-0.15, -0.1) is 0 Å². The standard InChI is InChI=1S/C37H48N2O8/c1-36(2)20-26-23(9-10-31-37(3,47-31)12-11-27(26)36)16-22-6-4-7-24(17-22)35(43)46-30-19-25(18-29-32(30)45-21-44-29)34(42)39-14-5-8-28(39)33(41)38-13-15-40/h4,6-7,16-18,26-32,40H,5,8-15,19-21H2,1-3H3,(H,38,41)/t26-,27-,28-,29-,30-,31?,32-,37-/m1/s1. The minimum Gasteiger partial charge on any atom is -0.456 e. The number of aliphatic hydroxyl groups excluding tert-OH is 1. The van der Waals surface area contributed by atoms with E-state index in [1.807, 2.05) is 18.2 Å². The van der Waals surface area contributed by atoms with Crippen LogP contribution in [0.5, 0.6) is 0 Å². The van der Waals surface area contributed by atoms with Crippen molar-refractivity contribution in [2.75, 3.05) is 26.5 Å². The van der Waals surface area contributed by atoms with Gasteiger partial charge in [-0.1, -0.05) is 37.6 Å². The van der Waals surface area contributed by atoms with E-state index in [0.717, 1.165) is 24.8 Å². The number of esters is 1. The van der Waals surface area contributed by atoms with E-state index in [2.05, 4.69) is 32.2 Å². The van der Waals surface area contributed by atoms with Gasteiger partial charge in [-0.05, 0) is 92.9 Å². The molecule has 1 aromatic rings. The largest absolute Gasteiger partial charge is 0.456 e. The van der Waals surface area contributed by atoms with Gasteiger partial charge in [-0.25, -0.2) is 4.79 Å². The van der Waals surface area contributed by atoms with Crippen molar-refractivity contribution < 1.29 is 38.4 Å². The summed E-state index contributed by atoms with van der Waals surface area (Å²) in [5.41, 5.74) is 3.68. The lowest BCUT2D eigenvalue weighted by atomic mass is 9.52. The van der Waals surface area contributed by atoms with Crippen LogP contribution < -0.4 is 5.32 Å². The molecule has 3 aliphatic carbocycles. The Kier molecular flexibility index (Phi) is 8.83. The monoisotopic (exact) mass is 648 g/mol. The molecule has 7 rings (SSSR count). The molecule has 3 saturated heterocycles. The van der Waals surface area contributed by atoms with E-state index in [1.54, 1.807) is 17.0 Å². The predicted octanol–water partition coefficient (Wildman–Crippen LogP) is 4.16. The molecule has 0 bridgehead atoms. The van der Waals surface area contributed by atoms with Crippen molar-refractivity contribution in [1.82, 2.24) is 10.2 Å². The van der Waals surface area contributed by atoms with E-state index in [1.165, 1.54) is 18.4 Å². The number of likely N-dealkylation sites (tertiary alicyclic amines) is 1. The molecule has 10 heteroatoms.